The minimum atomic E-state index is -3.63. The highest BCUT2D eigenvalue weighted by Gasteiger charge is 2.22. The second kappa shape index (κ2) is 7.69. The maximum Gasteiger partial charge on any atom is 0.271 e. The van der Waals surface area contributed by atoms with Gasteiger partial charge in [-0.3, -0.25) is 14.7 Å². The Morgan fingerprint density at radius 2 is 1.58 bits per heavy atom. The standard InChI is InChI=1S/C18H16N2O4S2/c21-18(19-22)17(13-5-2-1-3-6-13)14-8-10-15(11-9-14)20-26(23,24)16-7-4-12-25-16/h1-12,17,20,22H,(H,19,21). The molecule has 8 heteroatoms. The molecular formula is C18H16N2O4S2. The quantitative estimate of drug-likeness (QED) is 0.446. The molecule has 3 N–H and O–H groups in total. The average molecular weight is 388 g/mol. The van der Waals surface area contributed by atoms with Crippen molar-refractivity contribution in [2.24, 2.45) is 0 Å². The molecule has 0 aliphatic rings. The number of hydrogen-bond acceptors (Lipinski definition) is 5. The Labute approximate surface area is 155 Å². The van der Waals surface area contributed by atoms with E-state index in [0.717, 1.165) is 11.3 Å². The van der Waals surface area contributed by atoms with Crippen LogP contribution in [0.1, 0.15) is 17.0 Å². The molecule has 2 aromatic carbocycles. The van der Waals surface area contributed by atoms with Gasteiger partial charge in [-0.2, -0.15) is 0 Å². The second-order valence-electron chi connectivity index (χ2n) is 5.48. The van der Waals surface area contributed by atoms with Crippen molar-refractivity contribution >= 4 is 33.0 Å². The topological polar surface area (TPSA) is 95.5 Å². The summed E-state index contributed by atoms with van der Waals surface area (Å²) in [7, 11) is -3.63. The second-order valence-corrected chi connectivity index (χ2v) is 8.34. The van der Waals surface area contributed by atoms with E-state index in [-0.39, 0.29) is 4.21 Å². The van der Waals surface area contributed by atoms with Crippen LogP contribution in [0, 0.1) is 0 Å². The van der Waals surface area contributed by atoms with E-state index in [1.54, 1.807) is 65.5 Å². The van der Waals surface area contributed by atoms with Gasteiger partial charge in [0.2, 0.25) is 0 Å². The monoisotopic (exact) mass is 388 g/mol. The third kappa shape index (κ3) is 3.93. The molecule has 0 radical (unpaired) electrons. The summed E-state index contributed by atoms with van der Waals surface area (Å²) in [5.74, 6) is -1.27. The van der Waals surface area contributed by atoms with Gasteiger partial charge < -0.3 is 0 Å². The van der Waals surface area contributed by atoms with Crippen LogP contribution in [0.15, 0.2) is 76.3 Å². The SMILES string of the molecule is O=C(NO)C(c1ccccc1)c1ccc(NS(=O)(=O)c2cccs2)cc1. The molecule has 134 valence electrons. The Balaban J connectivity index is 1.87. The first-order valence-corrected chi connectivity index (χ1v) is 10.0. The molecule has 0 saturated heterocycles. The van der Waals surface area contributed by atoms with Gasteiger partial charge in [0.15, 0.2) is 0 Å². The minimum absolute atomic E-state index is 0.225. The van der Waals surface area contributed by atoms with Crippen molar-refractivity contribution in [3.63, 3.8) is 0 Å². The van der Waals surface area contributed by atoms with E-state index >= 15 is 0 Å². The molecule has 0 fully saturated rings. The van der Waals surface area contributed by atoms with Crippen LogP contribution >= 0.6 is 11.3 Å². The summed E-state index contributed by atoms with van der Waals surface area (Å²) in [5, 5.41) is 10.7. The number of rotatable bonds is 6. The van der Waals surface area contributed by atoms with Gasteiger partial charge in [-0.1, -0.05) is 48.5 Å². The van der Waals surface area contributed by atoms with Crippen LogP contribution in [0.2, 0.25) is 0 Å². The lowest BCUT2D eigenvalue weighted by Crippen LogP contribution is -2.27. The molecule has 26 heavy (non-hydrogen) atoms. The Kier molecular flexibility index (Phi) is 5.36. The number of thiophene rings is 1. The Morgan fingerprint density at radius 1 is 0.923 bits per heavy atom. The van der Waals surface area contributed by atoms with Crippen molar-refractivity contribution in [1.29, 1.82) is 0 Å². The van der Waals surface area contributed by atoms with Gasteiger partial charge in [-0.25, -0.2) is 13.9 Å². The van der Waals surface area contributed by atoms with Gasteiger partial charge in [0.05, 0.1) is 5.92 Å². The molecule has 1 heterocycles. The summed E-state index contributed by atoms with van der Waals surface area (Å²) < 4.78 is 27.2. The van der Waals surface area contributed by atoms with Crippen LogP contribution in [0.4, 0.5) is 5.69 Å². The Hall–Kier alpha value is -2.68. The normalized spacial score (nSPS) is 12.3. The third-order valence-electron chi connectivity index (χ3n) is 3.76. The molecule has 3 aromatic rings. The van der Waals surface area contributed by atoms with E-state index in [2.05, 4.69) is 4.72 Å². The summed E-state index contributed by atoms with van der Waals surface area (Å²) in [4.78, 5) is 12.1. The third-order valence-corrected chi connectivity index (χ3v) is 6.54. The van der Waals surface area contributed by atoms with Gasteiger partial charge in [-0.15, -0.1) is 11.3 Å². The maximum absolute atomic E-state index is 12.3. The number of nitrogens with one attached hydrogen (secondary N) is 2. The first kappa shape index (κ1) is 18.1. The number of anilines is 1. The van der Waals surface area contributed by atoms with E-state index in [1.807, 2.05) is 6.07 Å². The molecule has 0 bridgehead atoms. The molecule has 1 atom stereocenters. The van der Waals surface area contributed by atoms with E-state index < -0.39 is 21.8 Å². The predicted octanol–water partition coefficient (Wildman–Crippen LogP) is 3.19. The molecule has 0 spiro atoms. The smallest absolute Gasteiger partial charge is 0.271 e. The highest BCUT2D eigenvalue weighted by molar-refractivity contribution is 7.94. The average Bonchev–Trinajstić information content (AvgIpc) is 3.20. The molecule has 0 saturated carbocycles. The van der Waals surface area contributed by atoms with Gasteiger partial charge in [0, 0.05) is 5.69 Å². The fraction of sp³-hybridized carbons (Fsp3) is 0.0556. The maximum atomic E-state index is 12.3. The van der Waals surface area contributed by atoms with Crippen molar-refractivity contribution in [2.45, 2.75) is 10.1 Å². The molecule has 1 unspecified atom stereocenters. The minimum Gasteiger partial charge on any atom is -0.289 e. The van der Waals surface area contributed by atoms with Crippen LogP contribution in [0.5, 0.6) is 0 Å². The fourth-order valence-corrected chi connectivity index (χ4v) is 4.62. The van der Waals surface area contributed by atoms with Crippen LogP contribution in [0.25, 0.3) is 0 Å². The van der Waals surface area contributed by atoms with Crippen molar-refractivity contribution in [3.8, 4) is 0 Å². The van der Waals surface area contributed by atoms with Gasteiger partial charge in [0.1, 0.15) is 4.21 Å². The molecule has 1 aromatic heterocycles. The van der Waals surface area contributed by atoms with Gasteiger partial charge in [0.25, 0.3) is 15.9 Å². The van der Waals surface area contributed by atoms with E-state index in [0.29, 0.717) is 16.8 Å². The number of benzene rings is 2. The summed E-state index contributed by atoms with van der Waals surface area (Å²) >= 11 is 1.13. The summed E-state index contributed by atoms with van der Waals surface area (Å²) in [6.07, 6.45) is 0. The van der Waals surface area contributed by atoms with Gasteiger partial charge >= 0.3 is 0 Å². The van der Waals surface area contributed by atoms with Crippen molar-refractivity contribution in [1.82, 2.24) is 5.48 Å². The number of hydrogen-bond donors (Lipinski definition) is 3. The molecule has 6 nitrogen and oxygen atoms in total. The Morgan fingerprint density at radius 3 is 2.15 bits per heavy atom. The number of amides is 1. The van der Waals surface area contributed by atoms with Gasteiger partial charge in [-0.05, 0) is 34.7 Å². The zero-order chi connectivity index (χ0) is 18.6. The summed E-state index contributed by atoms with van der Waals surface area (Å²) in [6.45, 7) is 0. The Bertz CT molecular complexity index is 970. The van der Waals surface area contributed by atoms with E-state index in [9.17, 15) is 13.2 Å². The van der Waals surface area contributed by atoms with Crippen molar-refractivity contribution in [3.05, 3.63) is 83.2 Å². The predicted molar refractivity (Wildman–Crippen MR) is 99.8 cm³/mol. The van der Waals surface area contributed by atoms with Crippen molar-refractivity contribution in [2.75, 3.05) is 4.72 Å². The van der Waals surface area contributed by atoms with Crippen LogP contribution in [-0.4, -0.2) is 19.5 Å². The first-order valence-electron chi connectivity index (χ1n) is 7.66. The largest absolute Gasteiger partial charge is 0.289 e. The van der Waals surface area contributed by atoms with E-state index in [1.165, 1.54) is 6.07 Å². The molecule has 3 rings (SSSR count). The van der Waals surface area contributed by atoms with Crippen molar-refractivity contribution < 1.29 is 18.4 Å². The zero-order valence-electron chi connectivity index (χ0n) is 13.5. The fourth-order valence-electron chi connectivity index (χ4n) is 2.57. The molecule has 0 aliphatic carbocycles. The number of carbonyl (C=O) groups is 1. The van der Waals surface area contributed by atoms with E-state index in [4.69, 9.17) is 5.21 Å². The highest BCUT2D eigenvalue weighted by atomic mass is 32.2. The summed E-state index contributed by atoms with van der Waals surface area (Å²) in [6, 6.07) is 18.7. The molecule has 0 aliphatic heterocycles. The highest BCUT2D eigenvalue weighted by Crippen LogP contribution is 2.27. The first-order chi connectivity index (χ1) is 12.5. The van der Waals surface area contributed by atoms with Crippen LogP contribution < -0.4 is 10.2 Å². The number of carbonyl (C=O) groups excluding carboxylic acids is 1. The number of hydroxylamine groups is 1. The van der Waals surface area contributed by atoms with Crippen LogP contribution in [-0.2, 0) is 14.8 Å². The number of sulfonamides is 1. The lowest BCUT2D eigenvalue weighted by Gasteiger charge is -2.16. The molecule has 1 amide bonds. The lowest BCUT2D eigenvalue weighted by atomic mass is 9.90. The lowest BCUT2D eigenvalue weighted by molar-refractivity contribution is -0.129. The summed E-state index contributed by atoms with van der Waals surface area (Å²) in [5.41, 5.74) is 3.41. The zero-order valence-corrected chi connectivity index (χ0v) is 15.1. The van der Waals surface area contributed by atoms with Crippen LogP contribution in [0.3, 0.4) is 0 Å². The molecular weight excluding hydrogens is 372 g/mol.